The number of hydrogen-bond acceptors (Lipinski definition) is 6. The molecule has 0 saturated heterocycles. The van der Waals surface area contributed by atoms with Gasteiger partial charge in [-0.25, -0.2) is 18.6 Å². The van der Waals surface area contributed by atoms with Crippen LogP contribution in [-0.4, -0.2) is 20.0 Å². The molecule has 0 atom stereocenters. The van der Waals surface area contributed by atoms with E-state index in [0.29, 0.717) is 16.8 Å². The average Bonchev–Trinajstić information content (AvgIpc) is 3.34. The summed E-state index contributed by atoms with van der Waals surface area (Å²) in [4.78, 5) is 41.0. The fourth-order valence-electron chi connectivity index (χ4n) is 3.01. The smallest absolute Gasteiger partial charge is 0.333 e. The van der Waals surface area contributed by atoms with Gasteiger partial charge >= 0.3 is 5.69 Å². The summed E-state index contributed by atoms with van der Waals surface area (Å²) in [5.41, 5.74) is 0.0736. The van der Waals surface area contributed by atoms with Gasteiger partial charge in [-0.3, -0.25) is 18.7 Å². The highest BCUT2D eigenvalue weighted by Crippen LogP contribution is 2.26. The highest BCUT2D eigenvalue weighted by molar-refractivity contribution is 7.14. The number of rotatable bonds is 4. The molecule has 30 heavy (non-hydrogen) atoms. The molecule has 0 saturated carbocycles. The quantitative estimate of drug-likeness (QED) is 0.534. The summed E-state index contributed by atoms with van der Waals surface area (Å²) in [5.74, 6) is -2.41. The number of thiazole rings is 1. The predicted molar refractivity (Wildman–Crippen MR) is 106 cm³/mol. The van der Waals surface area contributed by atoms with Crippen LogP contribution in [0.4, 0.5) is 13.9 Å². The Balaban J connectivity index is 1.56. The summed E-state index contributed by atoms with van der Waals surface area (Å²) in [6.45, 7) is 0. The molecule has 0 unspecified atom stereocenters. The maximum atomic E-state index is 13.4. The third-order valence-corrected chi connectivity index (χ3v) is 5.32. The molecular formula is C19H14F2N4O4S. The molecule has 0 fully saturated rings. The largest absolute Gasteiger partial charge is 0.447 e. The summed E-state index contributed by atoms with van der Waals surface area (Å²) in [7, 11) is 2.81. The molecule has 8 nitrogen and oxygen atoms in total. The predicted octanol–water partition coefficient (Wildman–Crippen LogP) is 2.41. The number of aryl methyl sites for hydroxylation is 1. The minimum absolute atomic E-state index is 0.0840. The number of anilines is 1. The maximum Gasteiger partial charge on any atom is 0.333 e. The second kappa shape index (κ2) is 7.34. The Morgan fingerprint density at radius 2 is 1.97 bits per heavy atom. The molecule has 0 radical (unpaired) electrons. The third-order valence-electron chi connectivity index (χ3n) is 4.56. The lowest BCUT2D eigenvalue weighted by Crippen LogP contribution is -2.36. The second-order valence-corrected chi connectivity index (χ2v) is 7.40. The highest BCUT2D eigenvalue weighted by atomic mass is 32.1. The molecule has 154 valence electrons. The third kappa shape index (κ3) is 3.32. The highest BCUT2D eigenvalue weighted by Gasteiger charge is 2.19. The topological polar surface area (TPSA) is 99.1 Å². The molecule has 3 heterocycles. The lowest BCUT2D eigenvalue weighted by molar-refractivity contribution is -0.115. The molecule has 0 bridgehead atoms. The Kier molecular flexibility index (Phi) is 4.82. The molecule has 4 rings (SSSR count). The van der Waals surface area contributed by atoms with Crippen molar-refractivity contribution in [3.8, 4) is 11.3 Å². The minimum Gasteiger partial charge on any atom is -0.447 e. The van der Waals surface area contributed by atoms with Gasteiger partial charge in [0.05, 0.1) is 18.4 Å². The SMILES string of the molecule is Cn1c(=O)c2c(CC(=O)Nc3nc(-c4ccc(F)c(F)c4)cs3)coc2n(C)c1=O. The van der Waals surface area contributed by atoms with E-state index in [1.54, 1.807) is 5.38 Å². The van der Waals surface area contributed by atoms with Crippen LogP contribution in [0.2, 0.25) is 0 Å². The van der Waals surface area contributed by atoms with Crippen LogP contribution in [0.3, 0.4) is 0 Å². The minimum atomic E-state index is -0.992. The van der Waals surface area contributed by atoms with Crippen molar-refractivity contribution in [3.63, 3.8) is 0 Å². The van der Waals surface area contributed by atoms with Gasteiger partial charge in [0.15, 0.2) is 16.8 Å². The van der Waals surface area contributed by atoms with E-state index in [9.17, 15) is 23.2 Å². The summed E-state index contributed by atoms with van der Waals surface area (Å²) >= 11 is 1.12. The summed E-state index contributed by atoms with van der Waals surface area (Å²) in [5, 5.41) is 4.61. The first kappa shape index (κ1) is 19.7. The van der Waals surface area contributed by atoms with Crippen molar-refractivity contribution in [2.45, 2.75) is 6.42 Å². The van der Waals surface area contributed by atoms with Crippen molar-refractivity contribution in [3.05, 3.63) is 67.9 Å². The number of amides is 1. The number of carbonyl (C=O) groups is 1. The first-order valence-corrected chi connectivity index (χ1v) is 9.51. The van der Waals surface area contributed by atoms with Gasteiger partial charge in [0.1, 0.15) is 5.39 Å². The molecule has 1 aromatic carbocycles. The number of hydrogen-bond donors (Lipinski definition) is 1. The number of furan rings is 1. The number of carbonyl (C=O) groups excluding carboxylic acids is 1. The molecule has 3 aromatic heterocycles. The Hall–Kier alpha value is -3.60. The maximum absolute atomic E-state index is 13.4. The van der Waals surface area contributed by atoms with Gasteiger partial charge in [0, 0.05) is 30.6 Å². The molecule has 1 N–H and O–H groups in total. The van der Waals surface area contributed by atoms with Gasteiger partial charge in [0.25, 0.3) is 5.56 Å². The Morgan fingerprint density at radius 1 is 1.20 bits per heavy atom. The molecule has 4 aromatic rings. The first-order valence-electron chi connectivity index (χ1n) is 8.63. The zero-order valence-corrected chi connectivity index (χ0v) is 16.5. The van der Waals surface area contributed by atoms with Crippen LogP contribution >= 0.6 is 11.3 Å². The molecule has 1 amide bonds. The Labute approximate surface area is 171 Å². The zero-order valence-electron chi connectivity index (χ0n) is 15.7. The summed E-state index contributed by atoms with van der Waals surface area (Å²) in [6, 6.07) is 3.41. The lowest BCUT2D eigenvalue weighted by Gasteiger charge is -2.03. The Morgan fingerprint density at radius 3 is 2.70 bits per heavy atom. The van der Waals surface area contributed by atoms with Crippen molar-refractivity contribution in [2.24, 2.45) is 14.1 Å². The standard InChI is InChI=1S/C19H14F2N4O4S/c1-24-16(27)15-10(7-29-17(15)25(2)19(24)28)6-14(26)23-18-22-13(8-30-18)9-3-4-11(20)12(21)5-9/h3-5,7-8H,6H2,1-2H3,(H,22,23,26). The number of halogens is 2. The van der Waals surface area contributed by atoms with Gasteiger partial charge < -0.3 is 9.73 Å². The van der Waals surface area contributed by atoms with Crippen LogP contribution in [0.15, 0.2) is 43.8 Å². The summed E-state index contributed by atoms with van der Waals surface area (Å²) in [6.07, 6.45) is 1.08. The van der Waals surface area contributed by atoms with E-state index in [-0.39, 0.29) is 22.7 Å². The van der Waals surface area contributed by atoms with Gasteiger partial charge in [-0.05, 0) is 18.2 Å². The van der Waals surface area contributed by atoms with E-state index in [0.717, 1.165) is 28.0 Å². The molecule has 0 aliphatic carbocycles. The summed E-state index contributed by atoms with van der Waals surface area (Å²) < 4.78 is 33.9. The van der Waals surface area contributed by atoms with E-state index in [2.05, 4.69) is 10.3 Å². The van der Waals surface area contributed by atoms with E-state index >= 15 is 0 Å². The first-order chi connectivity index (χ1) is 14.3. The van der Waals surface area contributed by atoms with Gasteiger partial charge in [-0.2, -0.15) is 0 Å². The zero-order chi connectivity index (χ0) is 21.6. The fourth-order valence-corrected chi connectivity index (χ4v) is 3.75. The molecule has 0 aliphatic rings. The van der Waals surface area contributed by atoms with Crippen molar-refractivity contribution < 1.29 is 18.0 Å². The second-order valence-electron chi connectivity index (χ2n) is 6.54. The molecule has 0 aliphatic heterocycles. The lowest BCUT2D eigenvalue weighted by atomic mass is 10.1. The number of fused-ring (bicyclic) bond motifs is 1. The van der Waals surface area contributed by atoms with Crippen LogP contribution in [0, 0.1) is 11.6 Å². The average molecular weight is 432 g/mol. The molecule has 11 heteroatoms. The van der Waals surface area contributed by atoms with Crippen molar-refractivity contribution in [1.29, 1.82) is 0 Å². The van der Waals surface area contributed by atoms with Gasteiger partial charge in [0.2, 0.25) is 11.6 Å². The van der Waals surface area contributed by atoms with Crippen molar-refractivity contribution >= 4 is 33.5 Å². The monoisotopic (exact) mass is 432 g/mol. The normalized spacial score (nSPS) is 11.2. The van der Waals surface area contributed by atoms with Gasteiger partial charge in [-0.1, -0.05) is 0 Å². The van der Waals surface area contributed by atoms with Gasteiger partial charge in [-0.15, -0.1) is 11.3 Å². The van der Waals surface area contributed by atoms with Crippen molar-refractivity contribution in [2.75, 3.05) is 5.32 Å². The van der Waals surface area contributed by atoms with Crippen LogP contribution < -0.4 is 16.6 Å². The number of nitrogens with one attached hydrogen (secondary N) is 1. The van der Waals surface area contributed by atoms with E-state index in [1.807, 2.05) is 0 Å². The molecule has 0 spiro atoms. The Bertz CT molecular complexity index is 1420. The van der Waals surface area contributed by atoms with Crippen LogP contribution in [0.25, 0.3) is 22.4 Å². The fraction of sp³-hybridized carbons (Fsp3) is 0.158. The van der Waals surface area contributed by atoms with Crippen LogP contribution in [-0.2, 0) is 25.3 Å². The molecular weight excluding hydrogens is 418 g/mol. The number of aromatic nitrogens is 3. The van der Waals surface area contributed by atoms with Crippen molar-refractivity contribution in [1.82, 2.24) is 14.1 Å². The van der Waals surface area contributed by atoms with Crippen LogP contribution in [0.1, 0.15) is 5.56 Å². The van der Waals surface area contributed by atoms with E-state index in [1.165, 1.54) is 31.0 Å². The van der Waals surface area contributed by atoms with E-state index < -0.39 is 28.8 Å². The number of benzene rings is 1. The van der Waals surface area contributed by atoms with Crippen LogP contribution in [0.5, 0.6) is 0 Å². The van der Waals surface area contributed by atoms with E-state index in [4.69, 9.17) is 4.42 Å². The number of nitrogens with zero attached hydrogens (tertiary/aromatic N) is 3.